The number of anilines is 1. The molecule has 0 saturated heterocycles. The van der Waals surface area contributed by atoms with Crippen molar-refractivity contribution in [3.63, 3.8) is 0 Å². The molecule has 0 aliphatic rings. The van der Waals surface area contributed by atoms with Gasteiger partial charge in [-0.25, -0.2) is 4.98 Å². The predicted octanol–water partition coefficient (Wildman–Crippen LogP) is 3.25. The Kier molecular flexibility index (Phi) is 5.84. The highest BCUT2D eigenvalue weighted by Gasteiger charge is 2.04. The van der Waals surface area contributed by atoms with E-state index in [-0.39, 0.29) is 12.5 Å². The van der Waals surface area contributed by atoms with Gasteiger partial charge in [0, 0.05) is 19.7 Å². The summed E-state index contributed by atoms with van der Waals surface area (Å²) >= 11 is 0. The third kappa shape index (κ3) is 5.18. The molecule has 1 heterocycles. The number of amides is 1. The molecule has 7 nitrogen and oxygen atoms in total. The Bertz CT molecular complexity index is 886. The molecular weight excluding hydrogens is 344 g/mol. The summed E-state index contributed by atoms with van der Waals surface area (Å²) in [6.45, 7) is 0.0199. The number of hydrazone groups is 1. The molecule has 0 fully saturated rings. The lowest BCUT2D eigenvalue weighted by Crippen LogP contribution is -2.27. The molecule has 0 radical (unpaired) electrons. The number of hydrogen-bond acceptors (Lipinski definition) is 6. The summed E-state index contributed by atoms with van der Waals surface area (Å²) in [5.41, 5.74) is 5.69. The summed E-state index contributed by atoms with van der Waals surface area (Å²) in [5, 5.41) is 4.22. The van der Waals surface area contributed by atoms with Gasteiger partial charge in [-0.05, 0) is 54.1 Å². The molecule has 1 amide bonds. The molecule has 2 aromatic carbocycles. The zero-order chi connectivity index (χ0) is 19.1. The number of benzene rings is 2. The number of rotatable bonds is 7. The van der Waals surface area contributed by atoms with Crippen molar-refractivity contribution in [2.24, 2.45) is 5.10 Å². The van der Waals surface area contributed by atoms with Gasteiger partial charge >= 0.3 is 0 Å². The third-order valence-electron chi connectivity index (χ3n) is 3.75. The molecule has 1 N–H and O–H groups in total. The van der Waals surface area contributed by atoms with E-state index in [1.807, 2.05) is 36.4 Å². The Hall–Kier alpha value is -3.61. The average molecular weight is 364 g/mol. The maximum absolute atomic E-state index is 11.5. The highest BCUT2D eigenvalue weighted by Crippen LogP contribution is 2.20. The number of likely N-dealkylation sites (N-methyl/N-ethyl adjacent to an activating group) is 1. The van der Waals surface area contributed by atoms with Crippen LogP contribution in [0.15, 0.2) is 70.6 Å². The van der Waals surface area contributed by atoms with E-state index >= 15 is 0 Å². The lowest BCUT2D eigenvalue weighted by molar-refractivity contribution is -0.130. The first-order valence-electron chi connectivity index (χ1n) is 8.33. The first-order valence-corrected chi connectivity index (χ1v) is 8.33. The molecular formula is C20H20N4O3. The summed E-state index contributed by atoms with van der Waals surface area (Å²) in [6, 6.07) is 15.0. The van der Waals surface area contributed by atoms with Crippen LogP contribution in [0, 0.1) is 0 Å². The third-order valence-corrected chi connectivity index (χ3v) is 3.75. The molecule has 138 valence electrons. The van der Waals surface area contributed by atoms with E-state index in [2.05, 4.69) is 15.5 Å². The summed E-state index contributed by atoms with van der Waals surface area (Å²) in [6.07, 6.45) is 4.78. The van der Waals surface area contributed by atoms with Crippen LogP contribution in [0.5, 0.6) is 5.75 Å². The Morgan fingerprint density at radius 2 is 1.93 bits per heavy atom. The number of nitrogens with one attached hydrogen (secondary N) is 1. The van der Waals surface area contributed by atoms with Crippen LogP contribution in [0.2, 0.25) is 0 Å². The van der Waals surface area contributed by atoms with Crippen molar-refractivity contribution in [2.45, 2.75) is 0 Å². The molecule has 0 spiro atoms. The van der Waals surface area contributed by atoms with Crippen molar-refractivity contribution >= 4 is 17.8 Å². The van der Waals surface area contributed by atoms with Gasteiger partial charge in [0.05, 0.1) is 18.1 Å². The van der Waals surface area contributed by atoms with Crippen LogP contribution in [0.3, 0.4) is 0 Å². The number of oxazole rings is 1. The van der Waals surface area contributed by atoms with Gasteiger partial charge in [-0.15, -0.1) is 0 Å². The zero-order valence-electron chi connectivity index (χ0n) is 15.1. The Labute approximate surface area is 157 Å². The summed E-state index contributed by atoms with van der Waals surface area (Å²) in [5.74, 6) is 1.28. The molecule has 0 unspecified atom stereocenters. The molecule has 7 heteroatoms. The monoisotopic (exact) mass is 364 g/mol. The van der Waals surface area contributed by atoms with E-state index in [1.54, 1.807) is 38.6 Å². The van der Waals surface area contributed by atoms with Crippen molar-refractivity contribution in [1.29, 1.82) is 0 Å². The van der Waals surface area contributed by atoms with Gasteiger partial charge < -0.3 is 14.1 Å². The van der Waals surface area contributed by atoms with Crippen LogP contribution in [-0.4, -0.2) is 42.7 Å². The second-order valence-electron chi connectivity index (χ2n) is 5.96. The summed E-state index contributed by atoms with van der Waals surface area (Å²) in [4.78, 5) is 16.9. The number of carbonyl (C=O) groups excluding carboxylic acids is 1. The topological polar surface area (TPSA) is 80.0 Å². The molecule has 1 aromatic heterocycles. The molecule has 0 atom stereocenters. The standard InChI is InChI=1S/C20H20N4O3/c1-24(2)20(25)13-26-18-9-3-15(4-10-18)11-22-23-17-7-5-16(6-8-17)19-12-21-14-27-19/h3-12,14,23H,13H2,1-2H3. The van der Waals surface area contributed by atoms with E-state index in [4.69, 9.17) is 9.15 Å². The molecule has 27 heavy (non-hydrogen) atoms. The smallest absolute Gasteiger partial charge is 0.259 e. The number of nitrogens with zero attached hydrogens (tertiary/aromatic N) is 3. The molecule has 0 bridgehead atoms. The van der Waals surface area contributed by atoms with Crippen molar-refractivity contribution < 1.29 is 13.9 Å². The molecule has 0 aliphatic heterocycles. The minimum Gasteiger partial charge on any atom is -0.484 e. The van der Waals surface area contributed by atoms with Crippen LogP contribution in [0.4, 0.5) is 5.69 Å². The Morgan fingerprint density at radius 3 is 2.56 bits per heavy atom. The van der Waals surface area contributed by atoms with E-state index in [1.165, 1.54) is 11.3 Å². The zero-order valence-corrected chi connectivity index (χ0v) is 15.1. The Morgan fingerprint density at radius 1 is 1.19 bits per heavy atom. The maximum Gasteiger partial charge on any atom is 0.259 e. The highest BCUT2D eigenvalue weighted by atomic mass is 16.5. The quantitative estimate of drug-likeness (QED) is 0.514. The summed E-state index contributed by atoms with van der Waals surface area (Å²) < 4.78 is 10.7. The van der Waals surface area contributed by atoms with Gasteiger partial charge in [0.15, 0.2) is 18.8 Å². The van der Waals surface area contributed by atoms with Gasteiger partial charge in [-0.3, -0.25) is 10.2 Å². The fraction of sp³-hybridized carbons (Fsp3) is 0.150. The maximum atomic E-state index is 11.5. The van der Waals surface area contributed by atoms with Gasteiger partial charge in [0.2, 0.25) is 0 Å². The van der Waals surface area contributed by atoms with Crippen LogP contribution in [0.1, 0.15) is 5.56 Å². The van der Waals surface area contributed by atoms with E-state index in [0.29, 0.717) is 5.75 Å². The van der Waals surface area contributed by atoms with Crippen LogP contribution >= 0.6 is 0 Å². The van der Waals surface area contributed by atoms with Crippen LogP contribution in [0.25, 0.3) is 11.3 Å². The van der Waals surface area contributed by atoms with Gasteiger partial charge in [-0.1, -0.05) is 0 Å². The largest absolute Gasteiger partial charge is 0.484 e. The molecule has 3 rings (SSSR count). The first kappa shape index (κ1) is 18.2. The van der Waals surface area contributed by atoms with Crippen molar-refractivity contribution in [3.8, 4) is 17.1 Å². The highest BCUT2D eigenvalue weighted by molar-refractivity contribution is 5.80. The van der Waals surface area contributed by atoms with Crippen molar-refractivity contribution in [3.05, 3.63) is 66.7 Å². The number of carbonyl (C=O) groups is 1. The van der Waals surface area contributed by atoms with Gasteiger partial charge in [0.25, 0.3) is 5.91 Å². The van der Waals surface area contributed by atoms with Crippen LogP contribution in [-0.2, 0) is 4.79 Å². The molecule has 3 aromatic rings. The second-order valence-corrected chi connectivity index (χ2v) is 5.96. The fourth-order valence-electron chi connectivity index (χ4n) is 2.17. The lowest BCUT2D eigenvalue weighted by Gasteiger charge is -2.11. The van der Waals surface area contributed by atoms with Crippen molar-refractivity contribution in [1.82, 2.24) is 9.88 Å². The minimum atomic E-state index is -0.0841. The van der Waals surface area contributed by atoms with E-state index in [0.717, 1.165) is 22.6 Å². The minimum absolute atomic E-state index is 0.0199. The SMILES string of the molecule is CN(C)C(=O)COc1ccc(C=NNc2ccc(-c3cnco3)cc2)cc1. The molecule has 0 saturated carbocycles. The number of ether oxygens (including phenoxy) is 1. The first-order chi connectivity index (χ1) is 13.1. The molecule has 0 aliphatic carbocycles. The number of aromatic nitrogens is 1. The fourth-order valence-corrected chi connectivity index (χ4v) is 2.17. The van der Waals surface area contributed by atoms with Crippen molar-refractivity contribution in [2.75, 3.05) is 26.1 Å². The lowest BCUT2D eigenvalue weighted by atomic mass is 10.2. The predicted molar refractivity (Wildman–Crippen MR) is 104 cm³/mol. The van der Waals surface area contributed by atoms with E-state index in [9.17, 15) is 4.79 Å². The van der Waals surface area contributed by atoms with E-state index < -0.39 is 0 Å². The number of hydrogen-bond donors (Lipinski definition) is 1. The average Bonchev–Trinajstić information content (AvgIpc) is 3.22. The van der Waals surface area contributed by atoms with Crippen LogP contribution < -0.4 is 10.2 Å². The van der Waals surface area contributed by atoms with Gasteiger partial charge in [0.1, 0.15) is 5.75 Å². The second kappa shape index (κ2) is 8.66. The Balaban J connectivity index is 1.51. The van der Waals surface area contributed by atoms with Gasteiger partial charge in [-0.2, -0.15) is 5.10 Å². The summed E-state index contributed by atoms with van der Waals surface area (Å²) in [7, 11) is 3.39. The normalized spacial score (nSPS) is 10.7.